The van der Waals surface area contributed by atoms with Crippen LogP contribution in [-0.2, 0) is 16.6 Å². The average molecular weight is 373 g/mol. The Morgan fingerprint density at radius 2 is 1.85 bits per heavy atom. The van der Waals surface area contributed by atoms with Crippen LogP contribution in [0.3, 0.4) is 0 Å². The molecule has 0 aliphatic rings. The lowest BCUT2D eigenvalue weighted by Gasteiger charge is -2.11. The second-order valence-corrected chi connectivity index (χ2v) is 8.00. The summed E-state index contributed by atoms with van der Waals surface area (Å²) in [5.74, 6) is 0.761. The largest absolute Gasteiger partial charge is 0.497 e. The van der Waals surface area contributed by atoms with Gasteiger partial charge in [0.05, 0.1) is 30.3 Å². The molecule has 0 saturated heterocycles. The Morgan fingerprint density at radius 1 is 1.15 bits per heavy atom. The van der Waals surface area contributed by atoms with E-state index in [1.807, 2.05) is 30.3 Å². The first kappa shape index (κ1) is 18.1. The molecule has 26 heavy (non-hydrogen) atoms. The number of nitrogen functional groups attached to an aromatic ring is 1. The van der Waals surface area contributed by atoms with Crippen LogP contribution >= 0.6 is 0 Å². The SMILES string of the molecule is CCCn1c(-c2ccc(NS(C)(=O)=O)cc2)c(N)c2cc(OC)ccc21. The molecule has 6 nitrogen and oxygen atoms in total. The van der Waals surface area contributed by atoms with E-state index in [2.05, 4.69) is 16.2 Å². The Hall–Kier alpha value is -2.67. The summed E-state index contributed by atoms with van der Waals surface area (Å²) in [6, 6.07) is 13.1. The molecule has 0 unspecified atom stereocenters. The third kappa shape index (κ3) is 3.48. The number of hydrogen-bond donors (Lipinski definition) is 2. The van der Waals surface area contributed by atoms with E-state index >= 15 is 0 Å². The number of nitrogens with two attached hydrogens (primary N) is 1. The lowest BCUT2D eigenvalue weighted by atomic mass is 10.1. The highest BCUT2D eigenvalue weighted by atomic mass is 32.2. The molecule has 7 heteroatoms. The van der Waals surface area contributed by atoms with E-state index in [1.165, 1.54) is 0 Å². The topological polar surface area (TPSA) is 86.4 Å². The van der Waals surface area contributed by atoms with Crippen LogP contribution in [0.4, 0.5) is 11.4 Å². The molecule has 3 rings (SSSR count). The molecular weight excluding hydrogens is 350 g/mol. The fourth-order valence-corrected chi connectivity index (χ4v) is 3.73. The Balaban J connectivity index is 2.14. The van der Waals surface area contributed by atoms with Crippen LogP contribution in [0, 0.1) is 0 Å². The maximum absolute atomic E-state index is 11.4. The molecule has 138 valence electrons. The van der Waals surface area contributed by atoms with Crippen LogP contribution in [0.5, 0.6) is 5.75 Å². The van der Waals surface area contributed by atoms with Gasteiger partial charge in [0.25, 0.3) is 0 Å². The summed E-state index contributed by atoms with van der Waals surface area (Å²) in [6.07, 6.45) is 2.10. The van der Waals surface area contributed by atoms with Crippen molar-refractivity contribution in [3.63, 3.8) is 0 Å². The molecule has 1 heterocycles. The monoisotopic (exact) mass is 373 g/mol. The van der Waals surface area contributed by atoms with Crippen molar-refractivity contribution in [3.05, 3.63) is 42.5 Å². The molecule has 0 amide bonds. The molecule has 0 bridgehead atoms. The quantitative estimate of drug-likeness (QED) is 0.690. The van der Waals surface area contributed by atoms with Crippen molar-refractivity contribution < 1.29 is 13.2 Å². The number of sulfonamides is 1. The van der Waals surface area contributed by atoms with Crippen LogP contribution in [0.1, 0.15) is 13.3 Å². The smallest absolute Gasteiger partial charge is 0.229 e. The molecule has 3 N–H and O–H groups in total. The van der Waals surface area contributed by atoms with Crippen LogP contribution in [0.2, 0.25) is 0 Å². The highest BCUT2D eigenvalue weighted by molar-refractivity contribution is 7.92. The van der Waals surface area contributed by atoms with Gasteiger partial charge < -0.3 is 15.0 Å². The van der Waals surface area contributed by atoms with Crippen LogP contribution in [0.25, 0.3) is 22.2 Å². The number of aryl methyl sites for hydroxylation is 1. The van der Waals surface area contributed by atoms with Gasteiger partial charge in [0, 0.05) is 23.2 Å². The Bertz CT molecular complexity index is 1040. The van der Waals surface area contributed by atoms with Crippen LogP contribution in [-0.4, -0.2) is 26.4 Å². The molecule has 0 fully saturated rings. The number of methoxy groups -OCH3 is 1. The molecule has 0 saturated carbocycles. The van der Waals surface area contributed by atoms with Crippen LogP contribution < -0.4 is 15.2 Å². The lowest BCUT2D eigenvalue weighted by molar-refractivity contribution is 0.415. The standard InChI is InChI=1S/C19H23N3O3S/c1-4-11-22-17-10-9-15(25-2)12-16(17)18(20)19(22)13-5-7-14(8-6-13)21-26(3,23)24/h5-10,12,21H,4,11,20H2,1-3H3. The third-order valence-corrected chi connectivity index (χ3v) is 4.83. The summed E-state index contributed by atoms with van der Waals surface area (Å²) < 4.78 is 32.8. The molecular formula is C19H23N3O3S. The van der Waals surface area contributed by atoms with Crippen molar-refractivity contribution in [3.8, 4) is 17.0 Å². The fraction of sp³-hybridized carbons (Fsp3) is 0.263. The van der Waals surface area contributed by atoms with Gasteiger partial charge in [-0.15, -0.1) is 0 Å². The number of aromatic nitrogens is 1. The molecule has 0 aliphatic heterocycles. The first-order valence-corrected chi connectivity index (χ1v) is 10.3. The van der Waals surface area contributed by atoms with E-state index in [0.717, 1.165) is 47.1 Å². The maximum Gasteiger partial charge on any atom is 0.229 e. The fourth-order valence-electron chi connectivity index (χ4n) is 3.16. The number of ether oxygens (including phenoxy) is 1. The second kappa shape index (κ2) is 6.92. The average Bonchev–Trinajstić information content (AvgIpc) is 2.86. The van der Waals surface area contributed by atoms with Crippen molar-refractivity contribution in [2.24, 2.45) is 0 Å². The van der Waals surface area contributed by atoms with Crippen molar-refractivity contribution >= 4 is 32.3 Å². The molecule has 0 spiro atoms. The normalized spacial score (nSPS) is 11.7. The van der Waals surface area contributed by atoms with E-state index in [4.69, 9.17) is 10.5 Å². The number of nitrogens with zero attached hydrogens (tertiary/aromatic N) is 1. The van der Waals surface area contributed by atoms with E-state index in [1.54, 1.807) is 19.2 Å². The first-order chi connectivity index (χ1) is 12.3. The van der Waals surface area contributed by atoms with Crippen LogP contribution in [0.15, 0.2) is 42.5 Å². The van der Waals surface area contributed by atoms with Gasteiger partial charge in [-0.05, 0) is 36.8 Å². The highest BCUT2D eigenvalue weighted by Crippen LogP contribution is 2.38. The number of rotatable bonds is 6. The highest BCUT2D eigenvalue weighted by Gasteiger charge is 2.17. The van der Waals surface area contributed by atoms with Crippen molar-refractivity contribution in [2.75, 3.05) is 23.8 Å². The van der Waals surface area contributed by atoms with Gasteiger partial charge in [0.2, 0.25) is 10.0 Å². The number of benzene rings is 2. The van der Waals surface area contributed by atoms with E-state index in [-0.39, 0.29) is 0 Å². The predicted molar refractivity (Wildman–Crippen MR) is 107 cm³/mol. The summed E-state index contributed by atoms with van der Waals surface area (Å²) in [5.41, 5.74) is 10.6. The Kier molecular flexibility index (Phi) is 4.82. The van der Waals surface area contributed by atoms with Crippen molar-refractivity contribution in [2.45, 2.75) is 19.9 Å². The number of nitrogens with one attached hydrogen (secondary N) is 1. The van der Waals surface area contributed by atoms with E-state index in [9.17, 15) is 8.42 Å². The van der Waals surface area contributed by atoms with Gasteiger partial charge in [0.15, 0.2) is 0 Å². The zero-order chi connectivity index (χ0) is 18.9. The van der Waals surface area contributed by atoms with Gasteiger partial charge in [-0.3, -0.25) is 4.72 Å². The molecule has 0 aliphatic carbocycles. The minimum absolute atomic E-state index is 0.523. The summed E-state index contributed by atoms with van der Waals surface area (Å²) in [7, 11) is -1.67. The van der Waals surface area contributed by atoms with Gasteiger partial charge in [-0.25, -0.2) is 8.42 Å². The molecule has 0 radical (unpaired) electrons. The zero-order valence-corrected chi connectivity index (χ0v) is 15.9. The number of anilines is 2. The summed E-state index contributed by atoms with van der Waals surface area (Å²) in [6.45, 7) is 2.95. The minimum atomic E-state index is -3.30. The van der Waals surface area contributed by atoms with Crippen molar-refractivity contribution in [1.82, 2.24) is 4.57 Å². The first-order valence-electron chi connectivity index (χ1n) is 8.38. The third-order valence-electron chi connectivity index (χ3n) is 4.22. The van der Waals surface area contributed by atoms with E-state index < -0.39 is 10.0 Å². The minimum Gasteiger partial charge on any atom is -0.497 e. The summed E-state index contributed by atoms with van der Waals surface area (Å²) in [5, 5.41) is 0.950. The number of fused-ring (bicyclic) bond motifs is 1. The predicted octanol–water partition coefficient (Wildman–Crippen LogP) is 3.68. The molecule has 0 atom stereocenters. The maximum atomic E-state index is 11.4. The second-order valence-electron chi connectivity index (χ2n) is 6.25. The Morgan fingerprint density at radius 3 is 2.42 bits per heavy atom. The van der Waals surface area contributed by atoms with Gasteiger partial charge in [0.1, 0.15) is 5.75 Å². The summed E-state index contributed by atoms with van der Waals surface area (Å²) >= 11 is 0. The number of hydrogen-bond acceptors (Lipinski definition) is 4. The molecule has 1 aromatic heterocycles. The molecule has 3 aromatic rings. The Labute approximate surface area is 153 Å². The zero-order valence-electron chi connectivity index (χ0n) is 15.1. The summed E-state index contributed by atoms with van der Waals surface area (Å²) in [4.78, 5) is 0. The molecule has 2 aromatic carbocycles. The van der Waals surface area contributed by atoms with Gasteiger partial charge >= 0.3 is 0 Å². The van der Waals surface area contributed by atoms with Crippen molar-refractivity contribution in [1.29, 1.82) is 0 Å². The lowest BCUT2D eigenvalue weighted by Crippen LogP contribution is -2.09. The van der Waals surface area contributed by atoms with Gasteiger partial charge in [-0.2, -0.15) is 0 Å². The van der Waals surface area contributed by atoms with Gasteiger partial charge in [-0.1, -0.05) is 19.1 Å². The van der Waals surface area contributed by atoms with E-state index in [0.29, 0.717) is 11.4 Å².